The third-order valence-corrected chi connectivity index (χ3v) is 2.54. The Hall–Kier alpha value is -0.780. The molecule has 14 heavy (non-hydrogen) atoms. The van der Waals surface area contributed by atoms with Gasteiger partial charge in [-0.05, 0) is 38.5 Å². The van der Waals surface area contributed by atoms with Crippen molar-refractivity contribution in [1.82, 2.24) is 0 Å². The minimum absolute atomic E-state index is 1.10. The van der Waals surface area contributed by atoms with Gasteiger partial charge in [-0.25, -0.2) is 0 Å². The Kier molecular flexibility index (Phi) is 7.10. The standard InChI is InChI=1S/C14H22/c1-2-4-6-8-10-12-14-13-11-9-7-5-3-1/h1-2,5-8H,3-4,9-14H2/b2-1-,7-5-,8-6+. The molecule has 0 nitrogen and oxygen atoms in total. The quantitative estimate of drug-likeness (QED) is 0.482. The van der Waals surface area contributed by atoms with E-state index in [2.05, 4.69) is 36.5 Å². The number of hydrogen-bond donors (Lipinski definition) is 0. The summed E-state index contributed by atoms with van der Waals surface area (Å²) in [5, 5.41) is 0. The third kappa shape index (κ3) is 6.71. The van der Waals surface area contributed by atoms with Crippen LogP contribution in [0, 0.1) is 0 Å². The van der Waals surface area contributed by atoms with Gasteiger partial charge in [-0.15, -0.1) is 0 Å². The van der Waals surface area contributed by atoms with Crippen LogP contribution in [0.25, 0.3) is 0 Å². The van der Waals surface area contributed by atoms with Crippen molar-refractivity contribution >= 4 is 0 Å². The van der Waals surface area contributed by atoms with Crippen molar-refractivity contribution in [3.8, 4) is 0 Å². The van der Waals surface area contributed by atoms with E-state index >= 15 is 0 Å². The molecule has 0 spiro atoms. The van der Waals surface area contributed by atoms with Gasteiger partial charge in [0.25, 0.3) is 0 Å². The van der Waals surface area contributed by atoms with E-state index in [4.69, 9.17) is 0 Å². The van der Waals surface area contributed by atoms with E-state index in [1.54, 1.807) is 0 Å². The zero-order valence-corrected chi connectivity index (χ0v) is 9.12. The van der Waals surface area contributed by atoms with Crippen LogP contribution in [0.1, 0.15) is 51.4 Å². The van der Waals surface area contributed by atoms with Crippen molar-refractivity contribution in [2.45, 2.75) is 51.4 Å². The van der Waals surface area contributed by atoms with Crippen LogP contribution in [0.15, 0.2) is 36.5 Å². The summed E-state index contributed by atoms with van der Waals surface area (Å²) in [6, 6.07) is 0. The maximum absolute atomic E-state index is 2.33. The van der Waals surface area contributed by atoms with Crippen LogP contribution in [-0.4, -0.2) is 0 Å². The van der Waals surface area contributed by atoms with Crippen molar-refractivity contribution in [2.75, 3.05) is 0 Å². The monoisotopic (exact) mass is 190 g/mol. The largest absolute Gasteiger partial charge is 0.0882 e. The first-order valence-corrected chi connectivity index (χ1v) is 5.95. The van der Waals surface area contributed by atoms with Gasteiger partial charge < -0.3 is 0 Å². The van der Waals surface area contributed by atoms with Gasteiger partial charge in [0.1, 0.15) is 0 Å². The summed E-state index contributed by atoms with van der Waals surface area (Å²) in [5.41, 5.74) is 0. The Labute approximate surface area is 88.4 Å². The molecule has 0 saturated carbocycles. The average molecular weight is 190 g/mol. The van der Waals surface area contributed by atoms with E-state index in [9.17, 15) is 0 Å². The molecule has 0 bridgehead atoms. The molecule has 0 amide bonds. The lowest BCUT2D eigenvalue weighted by Crippen LogP contribution is -1.77. The molecule has 0 aromatic carbocycles. The fraction of sp³-hybridized carbons (Fsp3) is 0.571. The Bertz CT molecular complexity index is 174. The second kappa shape index (κ2) is 8.80. The molecule has 0 fully saturated rings. The van der Waals surface area contributed by atoms with E-state index in [1.807, 2.05) is 0 Å². The minimum atomic E-state index is 1.10. The number of allylic oxidation sites excluding steroid dienone is 6. The molecular weight excluding hydrogens is 168 g/mol. The molecule has 0 N–H and O–H groups in total. The topological polar surface area (TPSA) is 0 Å². The molecule has 0 aromatic heterocycles. The molecule has 0 aromatic rings. The van der Waals surface area contributed by atoms with Gasteiger partial charge in [-0.1, -0.05) is 49.3 Å². The lowest BCUT2D eigenvalue weighted by atomic mass is 10.1. The van der Waals surface area contributed by atoms with Crippen LogP contribution in [0.4, 0.5) is 0 Å². The van der Waals surface area contributed by atoms with Crippen LogP contribution in [0.5, 0.6) is 0 Å². The Morgan fingerprint density at radius 1 is 0.429 bits per heavy atom. The molecule has 1 rings (SSSR count). The summed E-state index contributed by atoms with van der Waals surface area (Å²) in [7, 11) is 0. The van der Waals surface area contributed by atoms with Crippen molar-refractivity contribution in [2.24, 2.45) is 0 Å². The highest BCUT2D eigenvalue weighted by Crippen LogP contribution is 2.07. The predicted octanol–water partition coefficient (Wildman–Crippen LogP) is 4.79. The Morgan fingerprint density at radius 3 is 1.36 bits per heavy atom. The highest BCUT2D eigenvalue weighted by molar-refractivity contribution is 4.97. The molecule has 0 aliphatic heterocycles. The molecular formula is C14H22. The van der Waals surface area contributed by atoms with Gasteiger partial charge in [0.2, 0.25) is 0 Å². The highest BCUT2D eigenvalue weighted by atomic mass is 13.9. The molecule has 0 heteroatoms. The average Bonchev–Trinajstić information content (AvgIpc) is 2.22. The fourth-order valence-corrected chi connectivity index (χ4v) is 1.66. The maximum Gasteiger partial charge on any atom is -0.0169 e. The van der Waals surface area contributed by atoms with Gasteiger partial charge in [0, 0.05) is 0 Å². The number of rotatable bonds is 0. The lowest BCUT2D eigenvalue weighted by Gasteiger charge is -1.97. The molecule has 0 saturated heterocycles. The summed E-state index contributed by atoms with van der Waals surface area (Å²) in [4.78, 5) is 0. The van der Waals surface area contributed by atoms with Crippen LogP contribution in [-0.2, 0) is 0 Å². The second-order valence-electron chi connectivity index (χ2n) is 3.88. The molecule has 0 atom stereocenters. The van der Waals surface area contributed by atoms with Crippen LogP contribution >= 0.6 is 0 Å². The summed E-state index contributed by atoms with van der Waals surface area (Å²) in [5.74, 6) is 0. The highest BCUT2D eigenvalue weighted by Gasteiger charge is 1.87. The summed E-state index contributed by atoms with van der Waals surface area (Å²) < 4.78 is 0. The smallest absolute Gasteiger partial charge is 0.0169 e. The van der Waals surface area contributed by atoms with E-state index in [0.29, 0.717) is 0 Å². The minimum Gasteiger partial charge on any atom is -0.0882 e. The van der Waals surface area contributed by atoms with E-state index in [0.717, 1.165) is 12.8 Å². The van der Waals surface area contributed by atoms with Crippen molar-refractivity contribution in [3.63, 3.8) is 0 Å². The van der Waals surface area contributed by atoms with Gasteiger partial charge in [0.05, 0.1) is 0 Å². The Morgan fingerprint density at radius 2 is 0.857 bits per heavy atom. The first kappa shape index (κ1) is 11.3. The van der Waals surface area contributed by atoms with Crippen LogP contribution < -0.4 is 0 Å². The SMILES string of the molecule is C1=C\C/C=C/CCCCCC/C=C\C/1. The van der Waals surface area contributed by atoms with Gasteiger partial charge in [-0.2, -0.15) is 0 Å². The van der Waals surface area contributed by atoms with Crippen molar-refractivity contribution in [1.29, 1.82) is 0 Å². The van der Waals surface area contributed by atoms with Crippen LogP contribution in [0.3, 0.4) is 0 Å². The van der Waals surface area contributed by atoms with Crippen molar-refractivity contribution in [3.05, 3.63) is 36.5 Å². The van der Waals surface area contributed by atoms with Gasteiger partial charge in [-0.3, -0.25) is 0 Å². The third-order valence-electron chi connectivity index (χ3n) is 2.54. The summed E-state index contributed by atoms with van der Waals surface area (Å²) in [6.45, 7) is 0. The molecule has 0 heterocycles. The van der Waals surface area contributed by atoms with Gasteiger partial charge >= 0.3 is 0 Å². The maximum atomic E-state index is 2.33. The zero-order valence-electron chi connectivity index (χ0n) is 9.12. The fourth-order valence-electron chi connectivity index (χ4n) is 1.66. The second-order valence-corrected chi connectivity index (χ2v) is 3.88. The molecule has 0 radical (unpaired) electrons. The van der Waals surface area contributed by atoms with Gasteiger partial charge in [0.15, 0.2) is 0 Å². The molecule has 0 unspecified atom stereocenters. The number of hydrogen-bond acceptors (Lipinski definition) is 0. The predicted molar refractivity (Wildman–Crippen MR) is 64.4 cm³/mol. The van der Waals surface area contributed by atoms with Crippen molar-refractivity contribution < 1.29 is 0 Å². The van der Waals surface area contributed by atoms with E-state index in [-0.39, 0.29) is 0 Å². The zero-order chi connectivity index (χ0) is 9.90. The summed E-state index contributed by atoms with van der Waals surface area (Å²) >= 11 is 0. The lowest BCUT2D eigenvalue weighted by molar-refractivity contribution is 0.651. The molecule has 1 aliphatic rings. The Balaban J connectivity index is 2.26. The van der Waals surface area contributed by atoms with E-state index in [1.165, 1.54) is 38.5 Å². The normalized spacial score (nSPS) is 27.4. The molecule has 1 aliphatic carbocycles. The first-order chi connectivity index (χ1) is 7.00. The first-order valence-electron chi connectivity index (χ1n) is 5.95. The summed E-state index contributed by atoms with van der Waals surface area (Å²) in [6.07, 6.45) is 24.0. The van der Waals surface area contributed by atoms with Crippen LogP contribution in [0.2, 0.25) is 0 Å². The van der Waals surface area contributed by atoms with E-state index < -0.39 is 0 Å². The molecule has 78 valence electrons.